The van der Waals surface area contributed by atoms with Gasteiger partial charge in [-0.15, -0.1) is 0 Å². The fourth-order valence-corrected chi connectivity index (χ4v) is 1.42. The standard InChI is InChI=1S/C7H14.H3NO/c1-2-7-5-3-4-6-7;1-2/h7H,2-6H2,1H3;2H,1H2. The van der Waals surface area contributed by atoms with E-state index in [9.17, 15) is 0 Å². The molecule has 0 spiro atoms. The third-order valence-corrected chi connectivity index (χ3v) is 2.05. The van der Waals surface area contributed by atoms with E-state index in [-0.39, 0.29) is 0 Å². The molecule has 0 aromatic rings. The van der Waals surface area contributed by atoms with E-state index in [0.717, 1.165) is 5.92 Å². The Morgan fingerprint density at radius 3 is 2.00 bits per heavy atom. The molecule has 0 saturated heterocycles. The largest absolute Gasteiger partial charge is 0.320 e. The zero-order valence-corrected chi connectivity index (χ0v) is 6.14. The maximum Gasteiger partial charge on any atom is -0.0417 e. The summed E-state index contributed by atoms with van der Waals surface area (Å²) in [5, 5.41) is 6.50. The van der Waals surface area contributed by atoms with Gasteiger partial charge in [0.2, 0.25) is 0 Å². The van der Waals surface area contributed by atoms with Crippen LogP contribution in [0.1, 0.15) is 39.0 Å². The minimum Gasteiger partial charge on any atom is -0.320 e. The van der Waals surface area contributed by atoms with Crippen LogP contribution in [-0.2, 0) is 0 Å². The highest BCUT2D eigenvalue weighted by Gasteiger charge is 2.11. The number of hydrogen-bond donors (Lipinski definition) is 2. The van der Waals surface area contributed by atoms with Crippen molar-refractivity contribution in [3.8, 4) is 0 Å². The van der Waals surface area contributed by atoms with E-state index < -0.39 is 0 Å². The molecule has 2 nitrogen and oxygen atoms in total. The number of rotatable bonds is 1. The van der Waals surface area contributed by atoms with Crippen molar-refractivity contribution in [3.63, 3.8) is 0 Å². The molecule has 0 amide bonds. The summed E-state index contributed by atoms with van der Waals surface area (Å²) in [5.74, 6) is 4.60. The van der Waals surface area contributed by atoms with Crippen molar-refractivity contribution in [2.45, 2.75) is 39.0 Å². The van der Waals surface area contributed by atoms with Gasteiger partial charge in [0.05, 0.1) is 0 Å². The lowest BCUT2D eigenvalue weighted by Crippen LogP contribution is -1.86. The minimum absolute atomic E-state index is 1.10. The van der Waals surface area contributed by atoms with Gasteiger partial charge in [-0.2, -0.15) is 0 Å². The third kappa shape index (κ3) is 3.49. The molecule has 1 aliphatic rings. The van der Waals surface area contributed by atoms with Gasteiger partial charge in [-0.1, -0.05) is 39.0 Å². The summed E-state index contributed by atoms with van der Waals surface area (Å²) in [7, 11) is 0. The first kappa shape index (κ1) is 8.92. The van der Waals surface area contributed by atoms with E-state index in [4.69, 9.17) is 5.21 Å². The van der Waals surface area contributed by atoms with Gasteiger partial charge >= 0.3 is 0 Å². The molecule has 0 bridgehead atoms. The molecule has 0 atom stereocenters. The summed E-state index contributed by atoms with van der Waals surface area (Å²) >= 11 is 0. The van der Waals surface area contributed by atoms with E-state index >= 15 is 0 Å². The molecule has 2 heteroatoms. The van der Waals surface area contributed by atoms with Crippen molar-refractivity contribution < 1.29 is 5.21 Å². The second kappa shape index (κ2) is 6.05. The summed E-state index contributed by atoms with van der Waals surface area (Å²) in [5.41, 5.74) is 0. The molecule has 1 aliphatic carbocycles. The summed E-state index contributed by atoms with van der Waals surface area (Å²) in [4.78, 5) is 0. The first-order valence-corrected chi connectivity index (χ1v) is 3.69. The molecule has 0 unspecified atom stereocenters. The predicted molar refractivity (Wildman–Crippen MR) is 38.2 cm³/mol. The molecule has 0 aromatic heterocycles. The predicted octanol–water partition coefficient (Wildman–Crippen LogP) is 1.92. The van der Waals surface area contributed by atoms with Crippen LogP contribution in [0.15, 0.2) is 0 Å². The van der Waals surface area contributed by atoms with Crippen LogP contribution in [-0.4, -0.2) is 5.21 Å². The maximum atomic E-state index is 6.50. The Morgan fingerprint density at radius 2 is 1.78 bits per heavy atom. The van der Waals surface area contributed by atoms with Crippen LogP contribution >= 0.6 is 0 Å². The fraction of sp³-hybridized carbons (Fsp3) is 1.00. The number of nitrogens with two attached hydrogens (primary N) is 1. The van der Waals surface area contributed by atoms with Gasteiger partial charge in [-0.3, -0.25) is 0 Å². The van der Waals surface area contributed by atoms with Gasteiger partial charge in [0.15, 0.2) is 0 Å². The summed E-state index contributed by atoms with van der Waals surface area (Å²) < 4.78 is 0. The number of hydrogen-bond acceptors (Lipinski definition) is 2. The molecule has 56 valence electrons. The van der Waals surface area contributed by atoms with Crippen molar-refractivity contribution in [2.24, 2.45) is 11.8 Å². The lowest BCUT2D eigenvalue weighted by atomic mass is 10.1. The SMILES string of the molecule is CCC1CCCC1.NO. The van der Waals surface area contributed by atoms with Crippen molar-refractivity contribution in [1.82, 2.24) is 0 Å². The van der Waals surface area contributed by atoms with Gasteiger partial charge in [0.1, 0.15) is 0 Å². The van der Waals surface area contributed by atoms with E-state index in [0.29, 0.717) is 0 Å². The first-order chi connectivity index (χ1) is 4.43. The highest BCUT2D eigenvalue weighted by atomic mass is 16.4. The second-order valence-corrected chi connectivity index (χ2v) is 2.56. The van der Waals surface area contributed by atoms with E-state index in [1.807, 2.05) is 0 Å². The van der Waals surface area contributed by atoms with Gasteiger partial charge in [-0.25, -0.2) is 5.90 Å². The summed E-state index contributed by atoms with van der Waals surface area (Å²) in [6.07, 6.45) is 7.43. The molecule has 3 N–H and O–H groups in total. The Bertz CT molecular complexity index is 50.9. The zero-order valence-electron chi connectivity index (χ0n) is 6.14. The van der Waals surface area contributed by atoms with Crippen molar-refractivity contribution >= 4 is 0 Å². The first-order valence-electron chi connectivity index (χ1n) is 3.69. The van der Waals surface area contributed by atoms with Crippen LogP contribution in [0.5, 0.6) is 0 Å². The van der Waals surface area contributed by atoms with Crippen molar-refractivity contribution in [2.75, 3.05) is 0 Å². The fourth-order valence-electron chi connectivity index (χ4n) is 1.42. The van der Waals surface area contributed by atoms with Crippen LogP contribution < -0.4 is 5.90 Å². The molecule has 0 aromatic carbocycles. The van der Waals surface area contributed by atoms with Crippen LogP contribution in [0.4, 0.5) is 0 Å². The van der Waals surface area contributed by atoms with Gasteiger partial charge in [0.25, 0.3) is 0 Å². The normalized spacial score (nSPS) is 19.0. The van der Waals surface area contributed by atoms with Gasteiger partial charge in [0, 0.05) is 0 Å². The molecule has 1 rings (SSSR count). The Labute approximate surface area is 57.0 Å². The highest BCUT2D eigenvalue weighted by molar-refractivity contribution is 4.64. The third-order valence-electron chi connectivity index (χ3n) is 2.05. The molecular formula is C7H17NO. The second-order valence-electron chi connectivity index (χ2n) is 2.56. The Kier molecular flexibility index (Phi) is 5.99. The molecular weight excluding hydrogens is 114 g/mol. The van der Waals surface area contributed by atoms with Gasteiger partial charge < -0.3 is 5.21 Å². The van der Waals surface area contributed by atoms with Crippen LogP contribution in [0.25, 0.3) is 0 Å². The van der Waals surface area contributed by atoms with E-state index in [1.54, 1.807) is 0 Å². The van der Waals surface area contributed by atoms with Gasteiger partial charge in [-0.05, 0) is 5.92 Å². The summed E-state index contributed by atoms with van der Waals surface area (Å²) in [6.45, 7) is 2.30. The van der Waals surface area contributed by atoms with E-state index in [1.165, 1.54) is 32.1 Å². The van der Waals surface area contributed by atoms with Crippen LogP contribution in [0, 0.1) is 5.92 Å². The molecule has 9 heavy (non-hydrogen) atoms. The Morgan fingerprint density at radius 1 is 1.33 bits per heavy atom. The molecule has 0 heterocycles. The van der Waals surface area contributed by atoms with Crippen LogP contribution in [0.2, 0.25) is 0 Å². The Balaban J connectivity index is 0.000000291. The molecule has 0 aliphatic heterocycles. The molecule has 1 saturated carbocycles. The van der Waals surface area contributed by atoms with Crippen LogP contribution in [0.3, 0.4) is 0 Å². The topological polar surface area (TPSA) is 46.2 Å². The van der Waals surface area contributed by atoms with Crippen molar-refractivity contribution in [1.29, 1.82) is 0 Å². The van der Waals surface area contributed by atoms with Crippen molar-refractivity contribution in [3.05, 3.63) is 0 Å². The molecule has 1 fully saturated rings. The summed E-state index contributed by atoms with van der Waals surface area (Å²) in [6, 6.07) is 0. The Hall–Kier alpha value is -0.0800. The maximum absolute atomic E-state index is 6.50. The smallest absolute Gasteiger partial charge is 0.0417 e. The lowest BCUT2D eigenvalue weighted by molar-refractivity contribution is 0.311. The quantitative estimate of drug-likeness (QED) is 0.534. The van der Waals surface area contributed by atoms with E-state index in [2.05, 4.69) is 12.8 Å². The zero-order chi connectivity index (χ0) is 7.11. The average Bonchev–Trinajstić information content (AvgIpc) is 2.43. The highest BCUT2D eigenvalue weighted by Crippen LogP contribution is 2.26. The monoisotopic (exact) mass is 131 g/mol. The lowest BCUT2D eigenvalue weighted by Gasteiger charge is -1.99. The average molecular weight is 131 g/mol. The minimum atomic E-state index is 1.10. The molecule has 0 radical (unpaired) electrons.